The number of fused-ring (bicyclic) bond motifs is 2. The zero-order valence-corrected chi connectivity index (χ0v) is 22.3. The Morgan fingerprint density at radius 1 is 1.05 bits per heavy atom. The minimum atomic E-state index is -1.36. The molecule has 0 bridgehead atoms. The fourth-order valence-electron chi connectivity index (χ4n) is 4.52. The third-order valence-electron chi connectivity index (χ3n) is 6.53. The number of phenols is 1. The Morgan fingerprint density at radius 2 is 1.82 bits per heavy atom. The molecule has 0 radical (unpaired) electrons. The van der Waals surface area contributed by atoms with E-state index in [1.807, 2.05) is 0 Å². The number of hydrogen-bond donors (Lipinski definition) is 6. The molecular weight excluding hydrogens is 548 g/mol. The monoisotopic (exact) mass is 576 g/mol. The molecule has 0 aliphatic carbocycles. The largest absolute Gasteiger partial charge is 0.508 e. The number of hydrogen-bond acceptors (Lipinski definition) is 9. The molecule has 2 saturated heterocycles. The van der Waals surface area contributed by atoms with Gasteiger partial charge in [-0.15, -0.1) is 0 Å². The molecule has 0 saturated carbocycles. The third kappa shape index (κ3) is 6.57. The summed E-state index contributed by atoms with van der Waals surface area (Å²) in [6.45, 7) is -0.523. The van der Waals surface area contributed by atoms with Crippen molar-refractivity contribution in [1.29, 1.82) is 0 Å². The van der Waals surface area contributed by atoms with E-state index in [1.54, 1.807) is 24.3 Å². The van der Waals surface area contributed by atoms with Crippen LogP contribution in [0.5, 0.6) is 5.75 Å². The van der Waals surface area contributed by atoms with E-state index < -0.39 is 60.4 Å². The van der Waals surface area contributed by atoms with Crippen LogP contribution >= 0.6 is 21.6 Å². The van der Waals surface area contributed by atoms with Crippen LogP contribution in [-0.2, 0) is 19.2 Å². The number of aromatic hydroxyl groups is 1. The van der Waals surface area contributed by atoms with Gasteiger partial charge in [-0.25, -0.2) is 4.79 Å². The summed E-state index contributed by atoms with van der Waals surface area (Å²) in [5.74, 6) is -3.77. The average molecular weight is 577 g/mol. The van der Waals surface area contributed by atoms with Crippen LogP contribution in [0.3, 0.4) is 0 Å². The molecule has 2 aromatic rings. The predicted octanol–water partition coefficient (Wildman–Crippen LogP) is 0.0763. The van der Waals surface area contributed by atoms with E-state index >= 15 is 0 Å². The number of amides is 4. The lowest BCUT2D eigenvalue weighted by molar-refractivity contribution is -0.144. The van der Waals surface area contributed by atoms with Gasteiger partial charge in [-0.1, -0.05) is 33.7 Å². The number of carbonyl (C=O) groups excluding carboxylic acids is 4. The molecule has 2 heterocycles. The number of carboxylic acid groups (broad SMARTS) is 1. The Morgan fingerprint density at radius 3 is 2.56 bits per heavy atom. The molecule has 4 rings (SSSR count). The fourth-order valence-corrected chi connectivity index (χ4v) is 6.84. The Kier molecular flexibility index (Phi) is 9.20. The van der Waals surface area contributed by atoms with Crippen LogP contribution in [0.1, 0.15) is 23.2 Å². The average Bonchev–Trinajstić information content (AvgIpc) is 3.41. The van der Waals surface area contributed by atoms with Crippen LogP contribution in [0, 0.1) is 0 Å². The number of carbonyl (C=O) groups is 5. The molecule has 14 heteroatoms. The van der Waals surface area contributed by atoms with Crippen LogP contribution in [-0.4, -0.2) is 98.6 Å². The van der Waals surface area contributed by atoms with Crippen LogP contribution in [0.25, 0.3) is 10.8 Å². The summed E-state index contributed by atoms with van der Waals surface area (Å²) in [4.78, 5) is 65.5. The first-order valence-corrected chi connectivity index (χ1v) is 14.7. The number of benzene rings is 2. The topological polar surface area (TPSA) is 185 Å². The Hall–Kier alpha value is -3.49. The van der Waals surface area contributed by atoms with Crippen LogP contribution in [0.4, 0.5) is 0 Å². The van der Waals surface area contributed by atoms with Crippen molar-refractivity contribution in [3.8, 4) is 5.75 Å². The number of nitrogens with zero attached hydrogens (tertiary/aromatic N) is 1. The summed E-state index contributed by atoms with van der Waals surface area (Å²) in [5, 5.41) is 38.1. The number of aliphatic hydroxyl groups excluding tert-OH is 1. The highest BCUT2D eigenvalue weighted by Gasteiger charge is 2.39. The minimum Gasteiger partial charge on any atom is -0.508 e. The zero-order valence-electron chi connectivity index (χ0n) is 20.7. The smallest absolute Gasteiger partial charge is 0.327 e. The number of aliphatic carboxylic acids is 1. The number of nitrogens with one attached hydrogen (secondary N) is 3. The van der Waals surface area contributed by atoms with E-state index in [0.29, 0.717) is 23.6 Å². The Labute approximate surface area is 231 Å². The molecule has 12 nitrogen and oxygen atoms in total. The van der Waals surface area contributed by atoms with Crippen molar-refractivity contribution in [2.75, 3.05) is 24.7 Å². The molecule has 6 N–H and O–H groups in total. The molecule has 0 unspecified atom stereocenters. The van der Waals surface area contributed by atoms with E-state index in [0.717, 1.165) is 21.6 Å². The van der Waals surface area contributed by atoms with Crippen LogP contribution < -0.4 is 16.0 Å². The van der Waals surface area contributed by atoms with Gasteiger partial charge in [-0.05, 0) is 47.9 Å². The summed E-state index contributed by atoms with van der Waals surface area (Å²) < 4.78 is 0. The molecule has 39 heavy (non-hydrogen) atoms. The maximum atomic E-state index is 13.3. The van der Waals surface area contributed by atoms with Crippen molar-refractivity contribution in [2.45, 2.75) is 37.0 Å². The quantitative estimate of drug-likeness (QED) is 0.272. The molecule has 208 valence electrons. The van der Waals surface area contributed by atoms with Crippen molar-refractivity contribution in [3.05, 3.63) is 42.0 Å². The SMILES string of the molecule is O=C(N[C@H]1CSSC[C@@H](C(=O)O)NC(=O)[C@@H]2CCCN2C(=O)[C@H](CO)NC1=O)c1cccc2cc(O)ccc12. The molecule has 2 fully saturated rings. The van der Waals surface area contributed by atoms with Crippen molar-refractivity contribution in [3.63, 3.8) is 0 Å². The van der Waals surface area contributed by atoms with Gasteiger partial charge in [-0.3, -0.25) is 19.2 Å². The van der Waals surface area contributed by atoms with Gasteiger partial charge < -0.3 is 36.2 Å². The summed E-state index contributed by atoms with van der Waals surface area (Å²) in [6.07, 6.45) is 0.819. The third-order valence-corrected chi connectivity index (χ3v) is 8.96. The lowest BCUT2D eigenvalue weighted by Crippen LogP contribution is -2.59. The van der Waals surface area contributed by atoms with Gasteiger partial charge in [0.05, 0.1) is 6.61 Å². The van der Waals surface area contributed by atoms with Gasteiger partial charge in [-0.2, -0.15) is 0 Å². The van der Waals surface area contributed by atoms with Gasteiger partial charge in [0.25, 0.3) is 5.91 Å². The van der Waals surface area contributed by atoms with Gasteiger partial charge in [0, 0.05) is 23.6 Å². The predicted molar refractivity (Wildman–Crippen MR) is 145 cm³/mol. The van der Waals surface area contributed by atoms with E-state index in [1.165, 1.54) is 17.0 Å². The number of carboxylic acids is 1. The van der Waals surface area contributed by atoms with E-state index in [2.05, 4.69) is 16.0 Å². The highest BCUT2D eigenvalue weighted by atomic mass is 33.1. The lowest BCUT2D eigenvalue weighted by atomic mass is 10.0. The molecule has 2 aliphatic rings. The van der Waals surface area contributed by atoms with Crippen LogP contribution in [0.15, 0.2) is 36.4 Å². The highest BCUT2D eigenvalue weighted by Crippen LogP contribution is 2.26. The van der Waals surface area contributed by atoms with E-state index in [9.17, 15) is 39.3 Å². The summed E-state index contributed by atoms with van der Waals surface area (Å²) >= 11 is 0. The van der Waals surface area contributed by atoms with Crippen molar-refractivity contribution in [1.82, 2.24) is 20.9 Å². The van der Waals surface area contributed by atoms with Crippen molar-refractivity contribution < 1.29 is 39.3 Å². The molecule has 4 amide bonds. The highest BCUT2D eigenvalue weighted by molar-refractivity contribution is 8.76. The first-order chi connectivity index (χ1) is 18.7. The van der Waals surface area contributed by atoms with Crippen LogP contribution in [0.2, 0.25) is 0 Å². The zero-order chi connectivity index (χ0) is 28.1. The molecule has 0 spiro atoms. The summed E-state index contributed by atoms with van der Waals surface area (Å²) in [5.41, 5.74) is 0.265. The minimum absolute atomic E-state index is 0.00670. The number of phenolic OH excluding ortho intramolecular Hbond substituents is 1. The maximum absolute atomic E-state index is 13.3. The number of rotatable bonds is 4. The Balaban J connectivity index is 1.59. The van der Waals surface area contributed by atoms with Gasteiger partial charge >= 0.3 is 5.97 Å². The summed E-state index contributed by atoms with van der Waals surface area (Å²) in [6, 6.07) is 4.84. The van der Waals surface area contributed by atoms with Gasteiger partial charge in [0.15, 0.2) is 0 Å². The molecule has 4 atom stereocenters. The second-order valence-corrected chi connectivity index (χ2v) is 11.7. The molecule has 2 aliphatic heterocycles. The van der Waals surface area contributed by atoms with Crippen molar-refractivity contribution in [2.24, 2.45) is 0 Å². The summed E-state index contributed by atoms with van der Waals surface area (Å²) in [7, 11) is 2.24. The maximum Gasteiger partial charge on any atom is 0.327 e. The fraction of sp³-hybridized carbons (Fsp3) is 0.400. The van der Waals surface area contributed by atoms with Gasteiger partial charge in [0.2, 0.25) is 17.7 Å². The standard InChI is InChI=1S/C25H28N4O8S2/c30-10-17-24(35)29-8-2-5-20(29)23(34)28-19(25(36)37)12-39-38-11-18(22(33)26-17)27-21(32)16-4-1-3-13-9-14(31)6-7-15(13)16/h1,3-4,6-7,9,17-20,30-31H,2,5,8,10-12H2,(H,26,33)(H,27,32)(H,28,34)(H,36,37)/t17-,18-,19-,20-/m0/s1. The molecular formula is C25H28N4O8S2. The molecule has 0 aromatic heterocycles. The first-order valence-electron chi connectivity index (χ1n) is 12.2. The number of aliphatic hydroxyl groups is 1. The first kappa shape index (κ1) is 28.5. The van der Waals surface area contributed by atoms with E-state index in [-0.39, 0.29) is 29.4 Å². The Bertz CT molecular complexity index is 1290. The van der Waals surface area contributed by atoms with E-state index in [4.69, 9.17) is 0 Å². The lowest BCUT2D eigenvalue weighted by Gasteiger charge is -2.30. The second-order valence-electron chi connectivity index (χ2n) is 9.14. The van der Waals surface area contributed by atoms with Gasteiger partial charge in [0.1, 0.15) is 29.9 Å². The van der Waals surface area contributed by atoms with Crippen molar-refractivity contribution >= 4 is 62.0 Å². The second kappa shape index (κ2) is 12.6. The molecule has 2 aromatic carbocycles. The normalized spacial score (nSPS) is 24.8.